The number of nitriles is 1. The van der Waals surface area contributed by atoms with E-state index in [0.29, 0.717) is 10.7 Å². The van der Waals surface area contributed by atoms with Gasteiger partial charge in [-0.2, -0.15) is 9.57 Å². The first-order valence-electron chi connectivity index (χ1n) is 10.8. The Morgan fingerprint density at radius 3 is 2.21 bits per heavy atom. The molecule has 34 heavy (non-hydrogen) atoms. The maximum Gasteiger partial charge on any atom is 0.243 e. The molecule has 0 spiro atoms. The topological polar surface area (TPSA) is 90.3 Å². The van der Waals surface area contributed by atoms with Gasteiger partial charge in [0.15, 0.2) is 0 Å². The van der Waals surface area contributed by atoms with E-state index in [1.54, 1.807) is 12.1 Å². The molecule has 0 saturated heterocycles. The SMILES string of the molecule is Cc1ccc(CN(CC(=O)Nc2ccc(C3(C#N)CC3)cc2)S(=O)(=O)c2ccc(Cl)cc2)cc1. The van der Waals surface area contributed by atoms with Crippen molar-refractivity contribution in [3.8, 4) is 6.07 Å². The molecule has 174 valence electrons. The van der Waals surface area contributed by atoms with E-state index in [1.807, 2.05) is 43.3 Å². The second kappa shape index (κ2) is 9.59. The van der Waals surface area contributed by atoms with Crippen LogP contribution in [0, 0.1) is 18.3 Å². The van der Waals surface area contributed by atoms with Crippen molar-refractivity contribution in [3.05, 3.63) is 94.5 Å². The minimum Gasteiger partial charge on any atom is -0.325 e. The average Bonchev–Trinajstić information content (AvgIpc) is 3.62. The Balaban J connectivity index is 1.53. The number of nitrogens with zero attached hydrogens (tertiary/aromatic N) is 2. The average molecular weight is 494 g/mol. The minimum absolute atomic E-state index is 0.0439. The zero-order valence-corrected chi connectivity index (χ0v) is 20.2. The first-order valence-corrected chi connectivity index (χ1v) is 12.7. The van der Waals surface area contributed by atoms with E-state index in [0.717, 1.165) is 33.8 Å². The van der Waals surface area contributed by atoms with Crippen LogP contribution in [0.5, 0.6) is 0 Å². The number of hydrogen-bond acceptors (Lipinski definition) is 4. The molecule has 0 aromatic heterocycles. The van der Waals surface area contributed by atoms with Gasteiger partial charge in [0.05, 0.1) is 22.9 Å². The molecule has 4 rings (SSSR count). The molecular weight excluding hydrogens is 470 g/mol. The number of carbonyl (C=O) groups excluding carboxylic acids is 1. The summed E-state index contributed by atoms with van der Waals surface area (Å²) >= 11 is 5.92. The molecule has 8 heteroatoms. The van der Waals surface area contributed by atoms with Crippen molar-refractivity contribution >= 4 is 33.2 Å². The number of carbonyl (C=O) groups is 1. The molecule has 0 aliphatic heterocycles. The summed E-state index contributed by atoms with van der Waals surface area (Å²) in [6.07, 6.45) is 1.68. The lowest BCUT2D eigenvalue weighted by Gasteiger charge is -2.22. The van der Waals surface area contributed by atoms with Crippen LogP contribution in [0.25, 0.3) is 0 Å². The van der Waals surface area contributed by atoms with Gasteiger partial charge in [-0.05, 0) is 67.3 Å². The predicted molar refractivity (Wildman–Crippen MR) is 132 cm³/mol. The Morgan fingerprint density at radius 1 is 1.03 bits per heavy atom. The molecule has 1 amide bonds. The number of sulfonamides is 1. The van der Waals surface area contributed by atoms with Crippen molar-refractivity contribution in [1.82, 2.24) is 4.31 Å². The Labute approximate surface area is 204 Å². The number of aryl methyl sites for hydroxylation is 1. The lowest BCUT2D eigenvalue weighted by molar-refractivity contribution is -0.116. The van der Waals surface area contributed by atoms with Crippen LogP contribution in [0.4, 0.5) is 5.69 Å². The van der Waals surface area contributed by atoms with Gasteiger partial charge >= 0.3 is 0 Å². The highest BCUT2D eigenvalue weighted by atomic mass is 35.5. The van der Waals surface area contributed by atoms with Crippen LogP contribution in [0.15, 0.2) is 77.7 Å². The molecule has 0 atom stereocenters. The first kappa shape index (κ1) is 24.0. The highest BCUT2D eigenvalue weighted by molar-refractivity contribution is 7.89. The molecular formula is C26H24ClN3O3S. The molecule has 1 aliphatic rings. The Bertz CT molecular complexity index is 1330. The van der Waals surface area contributed by atoms with Crippen LogP contribution in [-0.4, -0.2) is 25.2 Å². The highest BCUT2D eigenvalue weighted by Crippen LogP contribution is 2.47. The second-order valence-electron chi connectivity index (χ2n) is 8.53. The molecule has 1 saturated carbocycles. The van der Waals surface area contributed by atoms with Gasteiger partial charge in [0.1, 0.15) is 0 Å². The first-order chi connectivity index (χ1) is 16.2. The van der Waals surface area contributed by atoms with Crippen LogP contribution in [0.3, 0.4) is 0 Å². The number of amides is 1. The van der Waals surface area contributed by atoms with Crippen molar-refractivity contribution in [3.63, 3.8) is 0 Å². The zero-order chi connectivity index (χ0) is 24.3. The molecule has 1 fully saturated rings. The van der Waals surface area contributed by atoms with Crippen LogP contribution < -0.4 is 5.32 Å². The van der Waals surface area contributed by atoms with E-state index in [9.17, 15) is 18.5 Å². The van der Waals surface area contributed by atoms with Crippen molar-refractivity contribution in [1.29, 1.82) is 5.26 Å². The maximum absolute atomic E-state index is 13.4. The molecule has 1 aliphatic carbocycles. The molecule has 0 radical (unpaired) electrons. The van der Waals surface area contributed by atoms with E-state index in [2.05, 4.69) is 11.4 Å². The molecule has 6 nitrogen and oxygen atoms in total. The number of anilines is 1. The molecule has 1 N–H and O–H groups in total. The fraction of sp³-hybridized carbons (Fsp3) is 0.231. The number of hydrogen-bond donors (Lipinski definition) is 1. The smallest absolute Gasteiger partial charge is 0.243 e. The molecule has 0 bridgehead atoms. The summed E-state index contributed by atoms with van der Waals surface area (Å²) < 4.78 is 27.9. The fourth-order valence-electron chi connectivity index (χ4n) is 3.70. The quantitative estimate of drug-likeness (QED) is 0.476. The number of rotatable bonds is 8. The summed E-state index contributed by atoms with van der Waals surface area (Å²) in [6, 6.07) is 22.9. The predicted octanol–water partition coefficient (Wildman–Crippen LogP) is 5.03. The Kier molecular flexibility index (Phi) is 6.76. The van der Waals surface area contributed by atoms with Crippen molar-refractivity contribution in [2.24, 2.45) is 0 Å². The maximum atomic E-state index is 13.4. The lowest BCUT2D eigenvalue weighted by atomic mass is 9.98. The molecule has 0 unspecified atom stereocenters. The molecule has 3 aromatic rings. The van der Waals surface area contributed by atoms with Gasteiger partial charge in [0.25, 0.3) is 0 Å². The van der Waals surface area contributed by atoms with Crippen LogP contribution in [-0.2, 0) is 26.8 Å². The van der Waals surface area contributed by atoms with E-state index in [4.69, 9.17) is 11.6 Å². The number of benzene rings is 3. The van der Waals surface area contributed by atoms with Crippen molar-refractivity contribution in [2.45, 2.75) is 36.6 Å². The van der Waals surface area contributed by atoms with E-state index in [1.165, 1.54) is 24.3 Å². The number of halogens is 1. The normalized spacial score (nSPS) is 14.4. The van der Waals surface area contributed by atoms with Gasteiger partial charge in [-0.25, -0.2) is 8.42 Å². The van der Waals surface area contributed by atoms with E-state index in [-0.39, 0.29) is 18.0 Å². The summed E-state index contributed by atoms with van der Waals surface area (Å²) in [7, 11) is -3.96. The van der Waals surface area contributed by atoms with E-state index < -0.39 is 21.3 Å². The third-order valence-electron chi connectivity index (χ3n) is 5.94. The monoisotopic (exact) mass is 493 g/mol. The minimum atomic E-state index is -3.96. The third kappa shape index (κ3) is 5.31. The van der Waals surface area contributed by atoms with Crippen LogP contribution in [0.1, 0.15) is 29.5 Å². The van der Waals surface area contributed by atoms with Gasteiger partial charge in [-0.3, -0.25) is 4.79 Å². The fourth-order valence-corrected chi connectivity index (χ4v) is 5.21. The molecule has 0 heterocycles. The second-order valence-corrected chi connectivity index (χ2v) is 10.9. The third-order valence-corrected chi connectivity index (χ3v) is 7.99. The summed E-state index contributed by atoms with van der Waals surface area (Å²) in [6.45, 7) is 1.64. The summed E-state index contributed by atoms with van der Waals surface area (Å²) in [4.78, 5) is 12.9. The number of nitrogens with one attached hydrogen (secondary N) is 1. The van der Waals surface area contributed by atoms with Crippen LogP contribution >= 0.6 is 11.6 Å². The van der Waals surface area contributed by atoms with Gasteiger partial charge in [0, 0.05) is 17.3 Å². The van der Waals surface area contributed by atoms with E-state index >= 15 is 0 Å². The van der Waals surface area contributed by atoms with Crippen LogP contribution in [0.2, 0.25) is 5.02 Å². The largest absolute Gasteiger partial charge is 0.325 e. The van der Waals surface area contributed by atoms with Crippen molar-refractivity contribution in [2.75, 3.05) is 11.9 Å². The Morgan fingerprint density at radius 2 is 1.65 bits per heavy atom. The zero-order valence-electron chi connectivity index (χ0n) is 18.7. The van der Waals surface area contributed by atoms with Gasteiger partial charge in [-0.1, -0.05) is 53.6 Å². The summed E-state index contributed by atoms with van der Waals surface area (Å²) in [5.41, 5.74) is 2.90. The Hall–Kier alpha value is -3.18. The van der Waals surface area contributed by atoms with Gasteiger partial charge in [0.2, 0.25) is 15.9 Å². The summed E-state index contributed by atoms with van der Waals surface area (Å²) in [5.74, 6) is -0.459. The van der Waals surface area contributed by atoms with Crippen molar-refractivity contribution < 1.29 is 13.2 Å². The molecule has 3 aromatic carbocycles. The lowest BCUT2D eigenvalue weighted by Crippen LogP contribution is -2.37. The highest BCUT2D eigenvalue weighted by Gasteiger charge is 2.44. The standard InChI is InChI=1S/C26H24ClN3O3S/c1-19-2-4-20(5-3-19)16-30(34(32,33)24-12-8-22(27)9-13-24)17-25(31)29-23-10-6-21(7-11-23)26(18-28)14-15-26/h2-13H,14-17H2,1H3,(H,29,31). The van der Waals surface area contributed by atoms with Gasteiger partial charge in [-0.15, -0.1) is 0 Å². The summed E-state index contributed by atoms with van der Waals surface area (Å²) in [5, 5.41) is 12.5. The van der Waals surface area contributed by atoms with Gasteiger partial charge < -0.3 is 5.32 Å².